The lowest BCUT2D eigenvalue weighted by atomic mass is 10.3. The van der Waals surface area contributed by atoms with Crippen LogP contribution in [0.25, 0.3) is 0 Å². The van der Waals surface area contributed by atoms with Crippen LogP contribution < -0.4 is 0 Å². The summed E-state index contributed by atoms with van der Waals surface area (Å²) in [5.41, 5.74) is 0.750. The number of rotatable bonds is 0. The molecule has 1 heterocycles. The predicted molar refractivity (Wildman–Crippen MR) is 26.8 cm³/mol. The Balaban J connectivity index is 2.67. The van der Waals surface area contributed by atoms with Gasteiger partial charge in [0, 0.05) is 18.8 Å². The molecule has 1 aliphatic heterocycles. The topological polar surface area (TPSA) is 36.1 Å². The molecule has 0 spiro atoms. The molecule has 0 aromatic heterocycles. The highest BCUT2D eigenvalue weighted by molar-refractivity contribution is 5.67. The highest BCUT2D eigenvalue weighted by Crippen LogP contribution is 2.02. The molecule has 0 aromatic carbocycles. The van der Waals surface area contributed by atoms with Crippen LogP contribution in [-0.2, 0) is 0 Å². The van der Waals surface area contributed by atoms with Gasteiger partial charge in [-0.05, 0) is 0 Å². The van der Waals surface area contributed by atoms with Crippen LogP contribution in [0, 0.1) is 11.3 Å². The summed E-state index contributed by atoms with van der Waals surface area (Å²) < 4.78 is 0. The monoisotopic (exact) mass is 92.0 g/mol. The molecule has 0 saturated carbocycles. The average molecular weight is 92.1 g/mol. The van der Waals surface area contributed by atoms with E-state index in [4.69, 9.17) is 5.26 Å². The van der Waals surface area contributed by atoms with Crippen LogP contribution in [0.2, 0.25) is 0 Å². The van der Waals surface area contributed by atoms with Gasteiger partial charge in [-0.15, -0.1) is 0 Å². The van der Waals surface area contributed by atoms with Crippen molar-refractivity contribution in [2.75, 3.05) is 0 Å². The third-order valence-corrected chi connectivity index (χ3v) is 0.791. The Morgan fingerprint density at radius 1 is 1.86 bits per heavy atom. The fourth-order valence-electron chi connectivity index (χ4n) is 0.421. The zero-order chi connectivity index (χ0) is 5.11. The number of hydrogen-bond donors (Lipinski definition) is 0. The standard InChI is InChI=1S/C5H4N2/c6-3-5-1-2-7-4-5/h2,4H,1H2. The summed E-state index contributed by atoms with van der Waals surface area (Å²) >= 11 is 0. The van der Waals surface area contributed by atoms with Crippen LogP contribution in [0.15, 0.2) is 16.8 Å². The minimum absolute atomic E-state index is 0.719. The molecule has 0 saturated heterocycles. The van der Waals surface area contributed by atoms with E-state index >= 15 is 0 Å². The Labute approximate surface area is 41.8 Å². The van der Waals surface area contributed by atoms with Crippen molar-refractivity contribution >= 4 is 6.21 Å². The number of nitrogens with zero attached hydrogens (tertiary/aromatic N) is 2. The Morgan fingerprint density at radius 2 is 2.71 bits per heavy atom. The van der Waals surface area contributed by atoms with Crippen molar-refractivity contribution in [1.29, 1.82) is 5.26 Å². The summed E-state index contributed by atoms with van der Waals surface area (Å²) in [5, 5.41) is 8.17. The van der Waals surface area contributed by atoms with Crippen LogP contribution in [0.1, 0.15) is 6.42 Å². The molecular formula is C5H4N2. The zero-order valence-electron chi connectivity index (χ0n) is 3.76. The molecule has 34 valence electrons. The molecule has 1 aliphatic rings. The highest BCUT2D eigenvalue weighted by Gasteiger charge is 1.94. The van der Waals surface area contributed by atoms with Crippen molar-refractivity contribution in [1.82, 2.24) is 0 Å². The molecule has 0 bridgehead atoms. The summed E-state index contributed by atoms with van der Waals surface area (Å²) in [7, 11) is 0. The maximum Gasteiger partial charge on any atom is 0.0967 e. The van der Waals surface area contributed by atoms with Gasteiger partial charge in [-0.3, -0.25) is 4.99 Å². The van der Waals surface area contributed by atoms with E-state index in [1.54, 1.807) is 12.4 Å². The van der Waals surface area contributed by atoms with Crippen LogP contribution in [0.4, 0.5) is 0 Å². The molecule has 1 rings (SSSR count). The molecular weight excluding hydrogens is 88.1 g/mol. The lowest BCUT2D eigenvalue weighted by Gasteiger charge is -1.72. The Morgan fingerprint density at radius 3 is 3.00 bits per heavy atom. The lowest BCUT2D eigenvalue weighted by Crippen LogP contribution is -1.68. The molecule has 0 N–H and O–H groups in total. The van der Waals surface area contributed by atoms with Gasteiger partial charge in [-0.1, -0.05) is 0 Å². The average Bonchev–Trinajstić information content (AvgIpc) is 2.14. The van der Waals surface area contributed by atoms with E-state index in [1.165, 1.54) is 0 Å². The first kappa shape index (κ1) is 4.07. The molecule has 0 radical (unpaired) electrons. The first-order valence-electron chi connectivity index (χ1n) is 2.04. The second kappa shape index (κ2) is 1.57. The van der Waals surface area contributed by atoms with Crippen molar-refractivity contribution in [2.45, 2.75) is 6.42 Å². The van der Waals surface area contributed by atoms with E-state index in [1.807, 2.05) is 6.07 Å². The van der Waals surface area contributed by atoms with Crippen molar-refractivity contribution < 1.29 is 0 Å². The number of aliphatic imine (C=N–C) groups is 1. The molecule has 0 aromatic rings. The molecule has 0 unspecified atom stereocenters. The van der Waals surface area contributed by atoms with Gasteiger partial charge < -0.3 is 0 Å². The maximum absolute atomic E-state index is 8.17. The summed E-state index contributed by atoms with van der Waals surface area (Å²) in [4.78, 5) is 3.73. The minimum atomic E-state index is 0.719. The van der Waals surface area contributed by atoms with Crippen molar-refractivity contribution in [3.63, 3.8) is 0 Å². The third-order valence-electron chi connectivity index (χ3n) is 0.791. The highest BCUT2D eigenvalue weighted by atomic mass is 14.7. The summed E-state index contributed by atoms with van der Waals surface area (Å²) in [5.74, 6) is 0. The normalized spacial score (nSPS) is 16.1. The summed E-state index contributed by atoms with van der Waals surface area (Å²) in [6.45, 7) is 0. The van der Waals surface area contributed by atoms with Gasteiger partial charge in [-0.2, -0.15) is 5.26 Å². The third kappa shape index (κ3) is 0.660. The summed E-state index contributed by atoms with van der Waals surface area (Å²) in [6.07, 6.45) is 4.02. The van der Waals surface area contributed by atoms with Crippen molar-refractivity contribution in [3.05, 3.63) is 11.8 Å². The molecule has 7 heavy (non-hydrogen) atoms. The predicted octanol–water partition coefficient (Wildman–Crippen LogP) is 0.868. The Bertz CT molecular complexity index is 159. The van der Waals surface area contributed by atoms with E-state index in [0.29, 0.717) is 0 Å². The molecule has 0 aliphatic carbocycles. The van der Waals surface area contributed by atoms with E-state index in [9.17, 15) is 0 Å². The van der Waals surface area contributed by atoms with E-state index in [-0.39, 0.29) is 0 Å². The van der Waals surface area contributed by atoms with E-state index in [2.05, 4.69) is 4.99 Å². The van der Waals surface area contributed by atoms with Crippen LogP contribution in [0.3, 0.4) is 0 Å². The largest absolute Gasteiger partial charge is 0.268 e. The SMILES string of the molecule is N#CC1=CN=CC1. The van der Waals surface area contributed by atoms with E-state index in [0.717, 1.165) is 12.0 Å². The number of allylic oxidation sites excluding steroid dienone is 1. The molecule has 0 atom stereocenters. The van der Waals surface area contributed by atoms with Crippen LogP contribution >= 0.6 is 0 Å². The van der Waals surface area contributed by atoms with Crippen molar-refractivity contribution in [2.24, 2.45) is 4.99 Å². The maximum atomic E-state index is 8.17. The van der Waals surface area contributed by atoms with Gasteiger partial charge in [0.2, 0.25) is 0 Å². The molecule has 0 fully saturated rings. The number of hydrogen-bond acceptors (Lipinski definition) is 2. The van der Waals surface area contributed by atoms with Gasteiger partial charge >= 0.3 is 0 Å². The smallest absolute Gasteiger partial charge is 0.0967 e. The van der Waals surface area contributed by atoms with E-state index < -0.39 is 0 Å². The Kier molecular flexibility index (Phi) is 0.910. The lowest BCUT2D eigenvalue weighted by molar-refractivity contribution is 1.39. The van der Waals surface area contributed by atoms with Crippen LogP contribution in [0.5, 0.6) is 0 Å². The minimum Gasteiger partial charge on any atom is -0.268 e. The first-order valence-corrected chi connectivity index (χ1v) is 2.04. The number of nitriles is 1. The van der Waals surface area contributed by atoms with Gasteiger partial charge in [0.1, 0.15) is 0 Å². The van der Waals surface area contributed by atoms with Crippen molar-refractivity contribution in [3.8, 4) is 6.07 Å². The molecule has 0 amide bonds. The Hall–Kier alpha value is -1.10. The second-order valence-corrected chi connectivity index (χ2v) is 1.30. The summed E-state index contributed by atoms with van der Waals surface area (Å²) in [6, 6.07) is 2.00. The van der Waals surface area contributed by atoms with Gasteiger partial charge in [-0.25, -0.2) is 0 Å². The fraction of sp³-hybridized carbons (Fsp3) is 0.200. The second-order valence-electron chi connectivity index (χ2n) is 1.30. The zero-order valence-corrected chi connectivity index (χ0v) is 3.76. The molecule has 2 nitrogen and oxygen atoms in total. The first-order chi connectivity index (χ1) is 3.43. The van der Waals surface area contributed by atoms with Crippen LogP contribution in [-0.4, -0.2) is 6.21 Å². The van der Waals surface area contributed by atoms with Gasteiger partial charge in [0.25, 0.3) is 0 Å². The van der Waals surface area contributed by atoms with Gasteiger partial charge in [0.15, 0.2) is 0 Å². The fourth-order valence-corrected chi connectivity index (χ4v) is 0.421. The quantitative estimate of drug-likeness (QED) is 0.436. The molecule has 2 heteroatoms. The van der Waals surface area contributed by atoms with Gasteiger partial charge in [0.05, 0.1) is 11.6 Å².